The first-order chi connectivity index (χ1) is 6.86. The van der Waals surface area contributed by atoms with Gasteiger partial charge in [-0.15, -0.1) is 0 Å². The van der Waals surface area contributed by atoms with Crippen LogP contribution in [-0.2, 0) is 4.74 Å². The predicted octanol–water partition coefficient (Wildman–Crippen LogP) is 0.913. The van der Waals surface area contributed by atoms with Crippen LogP contribution in [0.4, 0.5) is 0 Å². The number of hydrogen-bond acceptors (Lipinski definition) is 3. The summed E-state index contributed by atoms with van der Waals surface area (Å²) in [5.74, 6) is 0.860. The topological polar surface area (TPSA) is 41.5 Å². The molecule has 1 aliphatic carbocycles. The molecule has 1 saturated heterocycles. The second-order valence-electron chi connectivity index (χ2n) is 3.97. The van der Waals surface area contributed by atoms with Gasteiger partial charge >= 0.3 is 0 Å². The number of allylic oxidation sites excluding steroid dienone is 2. The molecule has 2 atom stereocenters. The predicted molar refractivity (Wildman–Crippen MR) is 53.0 cm³/mol. The van der Waals surface area contributed by atoms with Crippen LogP contribution >= 0.6 is 0 Å². The zero-order valence-corrected chi connectivity index (χ0v) is 7.86. The fraction of sp³-hybridized carbons (Fsp3) is 0.455. The molecule has 2 heterocycles. The molecule has 0 aromatic heterocycles. The summed E-state index contributed by atoms with van der Waals surface area (Å²) in [5, 5.41) is 13.2. The van der Waals surface area contributed by atoms with E-state index in [1.165, 1.54) is 5.57 Å². The Morgan fingerprint density at radius 1 is 1.50 bits per heavy atom. The van der Waals surface area contributed by atoms with Crippen molar-refractivity contribution in [2.75, 3.05) is 19.8 Å². The van der Waals surface area contributed by atoms with Gasteiger partial charge in [0.15, 0.2) is 0 Å². The molecular formula is C11H13NO2. The minimum atomic E-state index is 0.188. The van der Waals surface area contributed by atoms with Gasteiger partial charge in [0.1, 0.15) is 5.76 Å². The summed E-state index contributed by atoms with van der Waals surface area (Å²) in [5.41, 5.74) is 2.33. The number of hydrogen-bond donors (Lipinski definition) is 2. The summed E-state index contributed by atoms with van der Waals surface area (Å²) in [7, 11) is 0. The summed E-state index contributed by atoms with van der Waals surface area (Å²) in [6.45, 7) is 2.43. The minimum absolute atomic E-state index is 0.188. The quantitative estimate of drug-likeness (QED) is 0.598. The molecule has 0 spiro atoms. The fourth-order valence-corrected chi connectivity index (χ4v) is 2.42. The molecule has 0 aromatic carbocycles. The van der Waals surface area contributed by atoms with E-state index in [0.717, 1.165) is 18.7 Å². The summed E-state index contributed by atoms with van der Waals surface area (Å²) in [4.78, 5) is 0. The maximum absolute atomic E-state index is 9.81. The van der Waals surface area contributed by atoms with Crippen molar-refractivity contribution < 1.29 is 9.84 Å². The van der Waals surface area contributed by atoms with Crippen LogP contribution in [-0.4, -0.2) is 30.9 Å². The summed E-state index contributed by atoms with van der Waals surface area (Å²) in [6, 6.07) is 0.188. The lowest BCUT2D eigenvalue weighted by atomic mass is 9.85. The molecule has 3 heteroatoms. The van der Waals surface area contributed by atoms with Crippen molar-refractivity contribution in [1.82, 2.24) is 5.32 Å². The average molecular weight is 191 g/mol. The van der Waals surface area contributed by atoms with Crippen LogP contribution in [0.2, 0.25) is 0 Å². The van der Waals surface area contributed by atoms with Crippen LogP contribution in [0.25, 0.3) is 0 Å². The first-order valence-electron chi connectivity index (χ1n) is 4.98. The van der Waals surface area contributed by atoms with Crippen molar-refractivity contribution in [3.63, 3.8) is 0 Å². The number of aliphatic hydroxyl groups is 1. The van der Waals surface area contributed by atoms with E-state index < -0.39 is 0 Å². The molecule has 0 saturated carbocycles. The number of fused-ring (bicyclic) bond motifs is 2. The van der Waals surface area contributed by atoms with Gasteiger partial charge in [-0.3, -0.25) is 0 Å². The van der Waals surface area contributed by atoms with Crippen LogP contribution in [0.5, 0.6) is 0 Å². The van der Waals surface area contributed by atoms with Crippen LogP contribution < -0.4 is 5.32 Å². The van der Waals surface area contributed by atoms with E-state index >= 15 is 0 Å². The van der Waals surface area contributed by atoms with Crippen LogP contribution in [0.1, 0.15) is 0 Å². The van der Waals surface area contributed by atoms with Gasteiger partial charge in [0.25, 0.3) is 0 Å². The van der Waals surface area contributed by atoms with Gasteiger partial charge < -0.3 is 15.2 Å². The van der Waals surface area contributed by atoms with Gasteiger partial charge in [-0.05, 0) is 11.6 Å². The zero-order chi connectivity index (χ0) is 9.54. The van der Waals surface area contributed by atoms with Crippen LogP contribution in [0.3, 0.4) is 0 Å². The lowest BCUT2D eigenvalue weighted by molar-refractivity contribution is 0.188. The second-order valence-corrected chi connectivity index (χ2v) is 3.97. The van der Waals surface area contributed by atoms with Gasteiger partial charge in [0, 0.05) is 18.0 Å². The average Bonchev–Trinajstić information content (AvgIpc) is 2.65. The Hall–Kier alpha value is -1.06. The Morgan fingerprint density at radius 2 is 2.43 bits per heavy atom. The third-order valence-corrected chi connectivity index (χ3v) is 3.14. The van der Waals surface area contributed by atoms with Crippen molar-refractivity contribution in [1.29, 1.82) is 0 Å². The van der Waals surface area contributed by atoms with Crippen molar-refractivity contribution in [2.24, 2.45) is 5.92 Å². The van der Waals surface area contributed by atoms with Gasteiger partial charge in [-0.1, -0.05) is 12.2 Å². The largest absolute Gasteiger partial charge is 0.508 e. The van der Waals surface area contributed by atoms with Gasteiger partial charge in [-0.2, -0.15) is 0 Å². The van der Waals surface area contributed by atoms with E-state index in [4.69, 9.17) is 4.74 Å². The van der Waals surface area contributed by atoms with Gasteiger partial charge in [0.2, 0.25) is 0 Å². The van der Waals surface area contributed by atoms with Crippen LogP contribution in [0.15, 0.2) is 35.1 Å². The lowest BCUT2D eigenvalue weighted by Gasteiger charge is -2.30. The fourth-order valence-electron chi connectivity index (χ4n) is 2.42. The SMILES string of the molecule is OC1=CC=CC2NCC3COCC3=C12. The van der Waals surface area contributed by atoms with Crippen molar-refractivity contribution in [3.05, 3.63) is 35.1 Å². The van der Waals surface area contributed by atoms with Crippen LogP contribution in [0, 0.1) is 5.92 Å². The first kappa shape index (κ1) is 8.26. The van der Waals surface area contributed by atoms with E-state index in [1.807, 2.05) is 6.08 Å². The van der Waals surface area contributed by atoms with E-state index in [1.54, 1.807) is 6.08 Å². The Labute approximate surface area is 82.8 Å². The molecule has 3 aliphatic rings. The molecule has 2 aliphatic heterocycles. The molecule has 3 rings (SSSR count). The molecule has 14 heavy (non-hydrogen) atoms. The minimum Gasteiger partial charge on any atom is -0.508 e. The monoisotopic (exact) mass is 191 g/mol. The normalized spacial score (nSPS) is 35.3. The highest BCUT2D eigenvalue weighted by molar-refractivity contribution is 5.46. The molecule has 0 radical (unpaired) electrons. The highest BCUT2D eigenvalue weighted by Gasteiger charge is 2.34. The number of aliphatic hydroxyl groups excluding tert-OH is 1. The molecular weight excluding hydrogens is 178 g/mol. The van der Waals surface area contributed by atoms with Crippen molar-refractivity contribution in [2.45, 2.75) is 6.04 Å². The molecule has 0 aromatic rings. The summed E-state index contributed by atoms with van der Waals surface area (Å²) < 4.78 is 5.43. The molecule has 1 fully saturated rings. The van der Waals surface area contributed by atoms with E-state index in [9.17, 15) is 5.11 Å². The number of ether oxygens (including phenoxy) is 1. The summed E-state index contributed by atoms with van der Waals surface area (Å²) >= 11 is 0. The first-order valence-corrected chi connectivity index (χ1v) is 4.98. The molecule has 0 amide bonds. The van der Waals surface area contributed by atoms with Gasteiger partial charge in [0.05, 0.1) is 19.3 Å². The van der Waals surface area contributed by atoms with Gasteiger partial charge in [-0.25, -0.2) is 0 Å². The molecule has 74 valence electrons. The second kappa shape index (κ2) is 2.97. The van der Waals surface area contributed by atoms with E-state index in [-0.39, 0.29) is 6.04 Å². The maximum Gasteiger partial charge on any atom is 0.120 e. The molecule has 0 bridgehead atoms. The summed E-state index contributed by atoms with van der Waals surface area (Å²) in [6.07, 6.45) is 5.73. The molecule has 3 nitrogen and oxygen atoms in total. The smallest absolute Gasteiger partial charge is 0.120 e. The zero-order valence-electron chi connectivity index (χ0n) is 7.86. The van der Waals surface area contributed by atoms with E-state index in [2.05, 4.69) is 11.4 Å². The van der Waals surface area contributed by atoms with Crippen molar-refractivity contribution >= 4 is 0 Å². The number of rotatable bonds is 0. The Morgan fingerprint density at radius 3 is 3.36 bits per heavy atom. The number of nitrogens with one attached hydrogen (secondary N) is 1. The Kier molecular flexibility index (Phi) is 1.75. The standard InChI is InChI=1S/C11H13NO2/c13-10-3-1-2-9-11(10)8-6-14-5-7(8)4-12-9/h1-3,7,9,12-13H,4-6H2. The Balaban J connectivity index is 2.10. The molecule has 2 unspecified atom stereocenters. The highest BCUT2D eigenvalue weighted by atomic mass is 16.5. The third-order valence-electron chi connectivity index (χ3n) is 3.14. The highest BCUT2D eigenvalue weighted by Crippen LogP contribution is 2.33. The van der Waals surface area contributed by atoms with Crippen molar-refractivity contribution in [3.8, 4) is 0 Å². The third kappa shape index (κ3) is 1.06. The van der Waals surface area contributed by atoms with E-state index in [0.29, 0.717) is 18.3 Å². The molecule has 2 N–H and O–H groups in total. The lowest BCUT2D eigenvalue weighted by Crippen LogP contribution is -2.41. The Bertz CT molecular complexity index is 354. The maximum atomic E-state index is 9.81.